The molecule has 8 nitrogen and oxygen atoms in total. The average molecular weight is 380 g/mol. The molecule has 1 saturated heterocycles. The number of nitrogens with one attached hydrogen (secondary N) is 2. The summed E-state index contributed by atoms with van der Waals surface area (Å²) in [5, 5.41) is 9.59. The second-order valence-electron chi connectivity index (χ2n) is 6.23. The lowest BCUT2D eigenvalue weighted by molar-refractivity contribution is -0.120. The van der Waals surface area contributed by atoms with Crippen LogP contribution in [0.25, 0.3) is 5.69 Å². The molecule has 2 amide bonds. The molecule has 0 unspecified atom stereocenters. The number of carbonyl (C=O) groups is 2. The molecule has 0 saturated carbocycles. The summed E-state index contributed by atoms with van der Waals surface area (Å²) in [6, 6.07) is 11.1. The third-order valence-corrected chi connectivity index (χ3v) is 4.29. The Morgan fingerprint density at radius 2 is 2.04 bits per heavy atom. The molecule has 2 N–H and O–H groups in total. The molecule has 1 aromatic carbocycles. The van der Waals surface area contributed by atoms with Crippen molar-refractivity contribution in [3.63, 3.8) is 0 Å². The maximum atomic E-state index is 13.8. The first-order valence-corrected chi connectivity index (χ1v) is 8.70. The van der Waals surface area contributed by atoms with E-state index in [1.807, 2.05) is 4.90 Å². The number of anilines is 2. The second-order valence-corrected chi connectivity index (χ2v) is 6.23. The number of aromatic nitrogens is 3. The molecule has 0 spiro atoms. The first-order valence-electron chi connectivity index (χ1n) is 8.70. The monoisotopic (exact) mass is 380 g/mol. The lowest BCUT2D eigenvalue weighted by atomic mass is 10.3. The first-order chi connectivity index (χ1) is 13.6. The molecule has 0 aliphatic carbocycles. The largest absolute Gasteiger partial charge is 0.353 e. The van der Waals surface area contributed by atoms with Gasteiger partial charge in [0.1, 0.15) is 17.3 Å². The fraction of sp³-hybridized carbons (Fsp3) is 0.158. The molecule has 3 aromatic rings. The molecule has 3 heterocycles. The van der Waals surface area contributed by atoms with Crippen molar-refractivity contribution >= 4 is 23.3 Å². The maximum absolute atomic E-state index is 13.8. The molecule has 0 radical (unpaired) electrons. The molecule has 0 atom stereocenters. The molecule has 0 bridgehead atoms. The molecular formula is C19H17FN6O2. The summed E-state index contributed by atoms with van der Waals surface area (Å²) in [7, 11) is 0. The summed E-state index contributed by atoms with van der Waals surface area (Å²) < 4.78 is 15.2. The molecular weight excluding hydrogens is 363 g/mol. The van der Waals surface area contributed by atoms with Gasteiger partial charge in [0.2, 0.25) is 5.91 Å². The van der Waals surface area contributed by atoms with Gasteiger partial charge in [-0.1, -0.05) is 12.1 Å². The Morgan fingerprint density at radius 1 is 1.18 bits per heavy atom. The van der Waals surface area contributed by atoms with Crippen molar-refractivity contribution in [1.82, 2.24) is 20.1 Å². The number of amides is 2. The van der Waals surface area contributed by atoms with Crippen molar-refractivity contribution in [3.05, 3.63) is 66.4 Å². The molecule has 1 fully saturated rings. The van der Waals surface area contributed by atoms with Gasteiger partial charge in [-0.05, 0) is 30.3 Å². The number of rotatable bonds is 4. The van der Waals surface area contributed by atoms with E-state index in [1.165, 1.54) is 29.2 Å². The van der Waals surface area contributed by atoms with E-state index >= 15 is 0 Å². The van der Waals surface area contributed by atoms with Gasteiger partial charge in [-0.15, -0.1) is 0 Å². The lowest BCUT2D eigenvalue weighted by Crippen LogP contribution is -2.48. The summed E-state index contributed by atoms with van der Waals surface area (Å²) in [6.45, 7) is 1.51. The van der Waals surface area contributed by atoms with E-state index in [0.717, 1.165) is 0 Å². The zero-order valence-electron chi connectivity index (χ0n) is 14.8. The standard InChI is InChI=1S/C19H17FN6O2/c20-14-3-1-2-4-16(14)26-9-7-15(24-26)19(28)23-13-5-6-17(22-11-13)25-10-8-21-18(27)12-25/h1-7,9,11H,8,10,12H2,(H,21,27)(H,23,28). The number of halogens is 1. The molecule has 142 valence electrons. The van der Waals surface area contributed by atoms with Crippen molar-refractivity contribution in [3.8, 4) is 5.69 Å². The fourth-order valence-corrected chi connectivity index (χ4v) is 2.89. The van der Waals surface area contributed by atoms with Gasteiger partial charge in [0.05, 0.1) is 18.4 Å². The molecule has 28 heavy (non-hydrogen) atoms. The molecule has 4 rings (SSSR count). The number of nitrogens with zero attached hydrogens (tertiary/aromatic N) is 4. The summed E-state index contributed by atoms with van der Waals surface area (Å²) in [4.78, 5) is 30.0. The number of hydrogen-bond acceptors (Lipinski definition) is 5. The van der Waals surface area contributed by atoms with Gasteiger partial charge >= 0.3 is 0 Å². The van der Waals surface area contributed by atoms with Crippen LogP contribution in [0.5, 0.6) is 0 Å². The SMILES string of the molecule is O=C1CN(c2ccc(NC(=O)c3ccn(-c4ccccc4F)n3)cn2)CCN1. The van der Waals surface area contributed by atoms with Crippen LogP contribution in [0.1, 0.15) is 10.5 Å². The zero-order chi connectivity index (χ0) is 19.5. The highest BCUT2D eigenvalue weighted by atomic mass is 19.1. The van der Waals surface area contributed by atoms with Crippen LogP contribution in [-0.2, 0) is 4.79 Å². The minimum Gasteiger partial charge on any atom is -0.353 e. The Hall–Kier alpha value is -3.75. The predicted molar refractivity (Wildman–Crippen MR) is 101 cm³/mol. The minimum absolute atomic E-state index is 0.0455. The van der Waals surface area contributed by atoms with E-state index in [0.29, 0.717) is 24.6 Å². The van der Waals surface area contributed by atoms with Gasteiger partial charge in [-0.3, -0.25) is 9.59 Å². The first kappa shape index (κ1) is 17.7. The number of carbonyl (C=O) groups excluding carboxylic acids is 2. The topological polar surface area (TPSA) is 92.2 Å². The molecule has 9 heteroatoms. The minimum atomic E-state index is -0.429. The van der Waals surface area contributed by atoms with Crippen molar-refractivity contribution in [2.45, 2.75) is 0 Å². The van der Waals surface area contributed by atoms with E-state index in [-0.39, 0.29) is 23.8 Å². The Balaban J connectivity index is 1.44. The summed E-state index contributed by atoms with van der Waals surface area (Å²) in [5.41, 5.74) is 0.911. The third kappa shape index (κ3) is 3.68. The van der Waals surface area contributed by atoms with Gasteiger partial charge in [-0.25, -0.2) is 14.1 Å². The molecule has 1 aliphatic heterocycles. The smallest absolute Gasteiger partial charge is 0.276 e. The highest BCUT2D eigenvalue weighted by Crippen LogP contribution is 2.16. The van der Waals surface area contributed by atoms with E-state index in [4.69, 9.17) is 0 Å². The van der Waals surface area contributed by atoms with Crippen molar-refractivity contribution in [2.24, 2.45) is 0 Å². The average Bonchev–Trinajstić information content (AvgIpc) is 3.19. The Bertz CT molecular complexity index is 1020. The van der Waals surface area contributed by atoms with E-state index < -0.39 is 11.7 Å². The molecule has 1 aliphatic rings. The summed E-state index contributed by atoms with van der Waals surface area (Å²) in [6.07, 6.45) is 3.05. The Morgan fingerprint density at radius 3 is 2.79 bits per heavy atom. The van der Waals surface area contributed by atoms with Gasteiger partial charge in [0.25, 0.3) is 5.91 Å². The van der Waals surface area contributed by atoms with Gasteiger partial charge in [0.15, 0.2) is 5.69 Å². The number of pyridine rings is 1. The lowest BCUT2D eigenvalue weighted by Gasteiger charge is -2.27. The van der Waals surface area contributed by atoms with E-state index in [2.05, 4.69) is 20.7 Å². The van der Waals surface area contributed by atoms with Crippen LogP contribution < -0.4 is 15.5 Å². The second kappa shape index (κ2) is 7.47. The quantitative estimate of drug-likeness (QED) is 0.717. The predicted octanol–water partition coefficient (Wildman–Crippen LogP) is 1.59. The Labute approximate surface area is 160 Å². The number of para-hydroxylation sites is 1. The third-order valence-electron chi connectivity index (χ3n) is 4.29. The zero-order valence-corrected chi connectivity index (χ0v) is 14.8. The highest BCUT2D eigenvalue weighted by Gasteiger charge is 2.18. The van der Waals surface area contributed by atoms with Crippen molar-refractivity contribution < 1.29 is 14.0 Å². The van der Waals surface area contributed by atoms with Crippen molar-refractivity contribution in [2.75, 3.05) is 29.9 Å². The van der Waals surface area contributed by atoms with Crippen LogP contribution in [0.4, 0.5) is 15.9 Å². The van der Waals surface area contributed by atoms with Crippen LogP contribution in [0.2, 0.25) is 0 Å². The maximum Gasteiger partial charge on any atom is 0.276 e. The van der Waals surface area contributed by atoms with E-state index in [1.54, 1.807) is 30.3 Å². The Kier molecular flexibility index (Phi) is 4.71. The molecule has 2 aromatic heterocycles. The van der Waals surface area contributed by atoms with Crippen LogP contribution >= 0.6 is 0 Å². The van der Waals surface area contributed by atoms with E-state index in [9.17, 15) is 14.0 Å². The normalized spacial score (nSPS) is 13.9. The van der Waals surface area contributed by atoms with Crippen LogP contribution in [-0.4, -0.2) is 46.2 Å². The van der Waals surface area contributed by atoms with Gasteiger partial charge in [-0.2, -0.15) is 5.10 Å². The van der Waals surface area contributed by atoms with Gasteiger partial charge < -0.3 is 15.5 Å². The summed E-state index contributed by atoms with van der Waals surface area (Å²) in [5.74, 6) is -0.238. The van der Waals surface area contributed by atoms with Crippen LogP contribution in [0, 0.1) is 5.82 Å². The highest BCUT2D eigenvalue weighted by molar-refractivity contribution is 6.02. The fourth-order valence-electron chi connectivity index (χ4n) is 2.89. The van der Waals surface area contributed by atoms with Crippen LogP contribution in [0.15, 0.2) is 54.9 Å². The van der Waals surface area contributed by atoms with Crippen LogP contribution in [0.3, 0.4) is 0 Å². The van der Waals surface area contributed by atoms with Crippen molar-refractivity contribution in [1.29, 1.82) is 0 Å². The number of piperazine rings is 1. The van der Waals surface area contributed by atoms with Gasteiger partial charge in [0, 0.05) is 19.3 Å². The number of hydrogen-bond donors (Lipinski definition) is 2. The summed E-state index contributed by atoms with van der Waals surface area (Å²) >= 11 is 0. The number of benzene rings is 1.